The minimum Gasteiger partial charge on any atom is -0.510 e. The molecule has 0 saturated heterocycles. The Bertz CT molecular complexity index is 5970. The average Bonchev–Trinajstić information content (AvgIpc) is 1.76. The van der Waals surface area contributed by atoms with E-state index in [4.69, 9.17) is 0 Å². The fourth-order valence-corrected chi connectivity index (χ4v) is 16.4. The van der Waals surface area contributed by atoms with Crippen LogP contribution in [0.15, 0.2) is 346 Å². The van der Waals surface area contributed by atoms with E-state index in [0.717, 1.165) is 50.4 Å². The van der Waals surface area contributed by atoms with Crippen molar-refractivity contribution in [3.63, 3.8) is 0 Å². The molecule has 0 N–H and O–H groups in total. The molecule has 16 aromatic rings. The average molecular weight is 2180 g/mol. The number of aromatic nitrogens is 3. The van der Waals surface area contributed by atoms with Crippen molar-refractivity contribution in [2.24, 2.45) is 0 Å². The zero-order valence-electron chi connectivity index (χ0n) is 72.0. The molecular formula is C110H97Ir3N11S-4. The summed E-state index contributed by atoms with van der Waals surface area (Å²) in [7, 11) is 8.17. The van der Waals surface area contributed by atoms with Gasteiger partial charge in [-0.3, -0.25) is 9.67 Å². The fraction of sp³-hybridized carbons (Fsp3) is 0.109. The Morgan fingerprint density at radius 3 is 0.984 bits per heavy atom. The first-order valence-corrected chi connectivity index (χ1v) is 41.7. The van der Waals surface area contributed by atoms with Crippen LogP contribution in [0, 0.1) is 118 Å². The minimum absolute atomic E-state index is 0. The molecule has 0 bridgehead atoms. The van der Waals surface area contributed by atoms with Crippen LogP contribution in [-0.4, -0.2) is 52.8 Å². The smallest absolute Gasteiger partial charge is 0.510 e. The number of hydrogen-bond acceptors (Lipinski definition) is 11. The van der Waals surface area contributed by atoms with Crippen LogP contribution in [0.4, 0.5) is 45.5 Å². The summed E-state index contributed by atoms with van der Waals surface area (Å²) in [5.41, 5.74) is 36.1. The molecule has 0 atom stereocenters. The van der Waals surface area contributed by atoms with E-state index < -0.39 is 0 Å². The number of para-hydroxylation sites is 6. The van der Waals surface area contributed by atoms with E-state index in [1.807, 2.05) is 153 Å². The molecule has 125 heavy (non-hydrogen) atoms. The third-order valence-electron chi connectivity index (χ3n) is 21.4. The Labute approximate surface area is 784 Å². The first-order chi connectivity index (χ1) is 59.4. The van der Waals surface area contributed by atoms with Gasteiger partial charge in [0.05, 0.1) is 5.69 Å². The van der Waals surface area contributed by atoms with Gasteiger partial charge in [-0.15, -0.1) is 99.6 Å². The quantitative estimate of drug-likeness (QED) is 0.111. The van der Waals surface area contributed by atoms with Crippen molar-refractivity contribution in [3.05, 3.63) is 454 Å². The number of benzene rings is 14. The van der Waals surface area contributed by atoms with Crippen LogP contribution < -0.4 is 29.4 Å². The number of nitrogens with zero attached hydrogens (tertiary/aromatic N) is 11. The van der Waals surface area contributed by atoms with E-state index in [1.54, 1.807) is 17.5 Å². The molecule has 4 aliphatic rings. The second kappa shape index (κ2) is 43.4. The Hall–Kier alpha value is -12.3. The fourth-order valence-electron chi connectivity index (χ4n) is 15.7. The predicted octanol–water partition coefficient (Wildman–Crippen LogP) is 26.8. The molecule has 15 heteroatoms. The summed E-state index contributed by atoms with van der Waals surface area (Å²) in [4.78, 5) is 21.0. The minimum atomic E-state index is 0. The van der Waals surface area contributed by atoms with Gasteiger partial charge < -0.3 is 39.2 Å². The van der Waals surface area contributed by atoms with E-state index >= 15 is 0 Å². The molecule has 6 heterocycles. The Kier molecular flexibility index (Phi) is 31.9. The van der Waals surface area contributed by atoms with Gasteiger partial charge >= 0.3 is 40.2 Å². The second-order valence-electron chi connectivity index (χ2n) is 30.5. The summed E-state index contributed by atoms with van der Waals surface area (Å²) in [6.45, 7) is 25.5. The molecule has 20 rings (SSSR count). The number of rotatable bonds is 12. The van der Waals surface area contributed by atoms with Crippen molar-refractivity contribution in [2.75, 3.05) is 57.6 Å². The van der Waals surface area contributed by atoms with E-state index in [-0.39, 0.29) is 60.3 Å². The van der Waals surface area contributed by atoms with Crippen LogP contribution in [-0.2, 0) is 60.3 Å². The largest absolute Gasteiger partial charge is 3.00 e. The first kappa shape index (κ1) is 91.9. The van der Waals surface area contributed by atoms with Crippen LogP contribution in [0.1, 0.15) is 44.8 Å². The van der Waals surface area contributed by atoms with E-state index in [0.29, 0.717) is 0 Å². The third-order valence-corrected chi connectivity index (χ3v) is 22.2. The van der Waals surface area contributed by atoms with E-state index in [2.05, 4.69) is 388 Å². The van der Waals surface area contributed by atoms with Crippen molar-refractivity contribution in [2.45, 2.75) is 55.4 Å². The van der Waals surface area contributed by atoms with Crippen molar-refractivity contribution in [1.29, 1.82) is 0 Å². The van der Waals surface area contributed by atoms with Crippen molar-refractivity contribution < 1.29 is 60.3 Å². The Morgan fingerprint density at radius 2 is 0.664 bits per heavy atom. The number of thiazole rings is 1. The topological polar surface area (TPSA) is 56.6 Å². The van der Waals surface area contributed by atoms with Gasteiger partial charge in [-0.25, -0.2) is 0 Å². The number of anilines is 8. The number of fused-ring (bicyclic) bond motifs is 2. The molecule has 2 aromatic heterocycles. The monoisotopic (exact) mass is 2180 g/mol. The van der Waals surface area contributed by atoms with Gasteiger partial charge in [-0.05, 0) is 178 Å². The first-order valence-electron chi connectivity index (χ1n) is 40.8. The molecule has 1 radical (unpaired) electrons. The van der Waals surface area contributed by atoms with Gasteiger partial charge in [0.25, 0.3) is 0 Å². The van der Waals surface area contributed by atoms with Gasteiger partial charge in [-0.2, -0.15) is 152 Å². The van der Waals surface area contributed by atoms with Crippen LogP contribution >= 0.6 is 11.3 Å². The molecular weight excluding hydrogens is 2080 g/mol. The number of aryl methyl sites for hydroxylation is 8. The zero-order valence-corrected chi connectivity index (χ0v) is 80.0. The summed E-state index contributed by atoms with van der Waals surface area (Å²) < 4.78 is 1.90. The van der Waals surface area contributed by atoms with Gasteiger partial charge in [-0.1, -0.05) is 202 Å². The third kappa shape index (κ3) is 22.5. The Balaban J connectivity index is 0.000000140. The molecule has 629 valence electrons. The van der Waals surface area contributed by atoms with E-state index in [1.165, 1.54) is 123 Å². The SMILES string of the molecule is CN1[CH-]N(c2[c-]cccc2)c2ccccc21.Cc1cc(-c2ccccc2)cc(C)c1-c1c[c-]c(N2C=CN(C)[CH-]2)cc1.Cc1cc(-c2ccccc2)cc(C)c1-c1c[c-]c(N2C=CN(C)[CH-]2)cc1.Cc1cc(-c2ccccc2)cc(C)c1-c1c[c-]c(N2[CH-]N(C)c3ccccc32)cc1.Cc1cc(C)n(-c2[c-]cccc2)n1.[Ir+3].[Ir+3].[Ir].[c-]1ccccc1-c1nccs1. The number of hydrogen-bond donors (Lipinski definition) is 0. The zero-order chi connectivity index (χ0) is 84.6. The van der Waals surface area contributed by atoms with Gasteiger partial charge in [0.2, 0.25) is 0 Å². The van der Waals surface area contributed by atoms with E-state index in [9.17, 15) is 0 Å². The van der Waals surface area contributed by atoms with Gasteiger partial charge in [0, 0.05) is 65.1 Å². The maximum atomic E-state index is 4.37. The van der Waals surface area contributed by atoms with Crippen LogP contribution in [0.5, 0.6) is 0 Å². The summed E-state index contributed by atoms with van der Waals surface area (Å²) in [5, 5.41) is 7.37. The maximum Gasteiger partial charge on any atom is 3.00 e. The van der Waals surface area contributed by atoms with Crippen molar-refractivity contribution in [3.8, 4) is 83.0 Å². The molecule has 0 aliphatic carbocycles. The Morgan fingerprint density at radius 1 is 0.312 bits per heavy atom. The normalized spacial score (nSPS) is 12.4. The molecule has 4 aliphatic heterocycles. The van der Waals surface area contributed by atoms with Crippen LogP contribution in [0.2, 0.25) is 0 Å². The van der Waals surface area contributed by atoms with Crippen molar-refractivity contribution in [1.82, 2.24) is 24.6 Å². The molecule has 0 unspecified atom stereocenters. The maximum absolute atomic E-state index is 4.37. The van der Waals surface area contributed by atoms with Gasteiger partial charge in [0.15, 0.2) is 0 Å². The molecule has 14 aromatic carbocycles. The van der Waals surface area contributed by atoms with Crippen molar-refractivity contribution >= 4 is 56.8 Å². The predicted molar refractivity (Wildman–Crippen MR) is 510 cm³/mol. The van der Waals surface area contributed by atoms with Gasteiger partial charge in [0.1, 0.15) is 0 Å². The summed E-state index contributed by atoms with van der Waals surface area (Å²) in [5.74, 6) is 0. The van der Waals surface area contributed by atoms with Crippen LogP contribution in [0.25, 0.3) is 83.0 Å². The molecule has 0 amide bonds. The molecule has 0 fully saturated rings. The standard InChI is InChI=1S/C28H24N2.2C24H22N2.C14H12N2.C11H11N2.C9H6NS.3Ir/c1-20-17-24(22-9-5-4-6-10-22)18-21(2)28(20)23-13-15-25(16-14-23)30-19-29(3)26-11-7-8-12-27(26)30;2*1-18-15-22(20-7-5-4-6-8-20)16-19(2)24(18)21-9-11-23(12-10-21)26-14-13-25(3)17-26;1-15-11-16(12-7-3-2-4-8-12)14-10-6-5-9-13(14)15;1-9-8-10(2)13(12-9)11-6-4-3-5-7-11;1-2-4-8(5-3-1)9-10-6-7-11-9;;;/h4-15,17-19H,1-3H3;2*4-11,13-17H,1-3H3;2-7,9-11H,1H3;3-6,8H,1-2H3;1-4,6-7H;;;/q4*-2;2*-1;;2*+3. The van der Waals surface area contributed by atoms with Crippen LogP contribution in [0.3, 0.4) is 0 Å². The molecule has 11 nitrogen and oxygen atoms in total. The second-order valence-corrected chi connectivity index (χ2v) is 31.4. The molecule has 0 spiro atoms. The summed E-state index contributed by atoms with van der Waals surface area (Å²) >= 11 is 1.63. The summed E-state index contributed by atoms with van der Waals surface area (Å²) in [6, 6.07) is 127. The summed E-state index contributed by atoms with van der Waals surface area (Å²) in [6.07, 6.45) is 9.94. The molecule has 0 saturated carbocycles.